The molecule has 1 aromatic rings. The molecule has 0 amide bonds. The van der Waals surface area contributed by atoms with Crippen LogP contribution in [-0.2, 0) is 11.2 Å². The van der Waals surface area contributed by atoms with E-state index in [9.17, 15) is 14.7 Å². The number of aromatic amines is 1. The van der Waals surface area contributed by atoms with Crippen molar-refractivity contribution in [2.75, 3.05) is 5.73 Å². The summed E-state index contributed by atoms with van der Waals surface area (Å²) in [5, 5.41) is 17.8. The maximum absolute atomic E-state index is 11.3. The topological polar surface area (TPSA) is 129 Å². The van der Waals surface area contributed by atoms with Gasteiger partial charge in [-0.05, 0) is 19.3 Å². The molecule has 7 nitrogen and oxygen atoms in total. The van der Waals surface area contributed by atoms with Gasteiger partial charge >= 0.3 is 5.97 Å². The molecule has 5 N–H and O–H groups in total. The number of unbranched alkanes of at least 4 members (excludes halogenated alkanes) is 1. The first-order chi connectivity index (χ1) is 7.50. The molecular weight excluding hydrogens is 237 g/mol. The molecule has 0 atom stereocenters. The Balaban J connectivity index is 0.00000256. The van der Waals surface area contributed by atoms with Crippen LogP contribution < -0.4 is 11.3 Å². The minimum absolute atomic E-state index is 0. The van der Waals surface area contributed by atoms with Gasteiger partial charge < -0.3 is 15.9 Å². The number of nitrogens with zero attached hydrogens (tertiary/aromatic N) is 1. The molecule has 17 heavy (non-hydrogen) atoms. The van der Waals surface area contributed by atoms with Gasteiger partial charge in [0.05, 0.1) is 5.56 Å². The van der Waals surface area contributed by atoms with Crippen molar-refractivity contribution in [1.29, 1.82) is 0 Å². The second kappa shape index (κ2) is 7.31. The van der Waals surface area contributed by atoms with E-state index in [1.807, 2.05) is 0 Å². The van der Waals surface area contributed by atoms with Crippen LogP contribution in [0.5, 0.6) is 5.88 Å². The number of hydrogen-bond donors (Lipinski definition) is 4. The molecule has 0 aliphatic rings. The standard InChI is InChI=1S/C9H13N3O4.Na/c10-9-11-7(15)5(8(16)12-9)3-1-2-4-6(13)14;/h1-4H2,(H,13,14)(H4,10,11,12,15,16);. The number of carboxylic acid groups (broad SMARTS) is 1. The van der Waals surface area contributed by atoms with Gasteiger partial charge in [-0.2, -0.15) is 4.98 Å². The number of nitrogen functional groups attached to an aromatic ring is 1. The van der Waals surface area contributed by atoms with Crippen LogP contribution in [0.15, 0.2) is 4.79 Å². The average Bonchev–Trinajstić information content (AvgIpc) is 2.14. The number of hydrogen-bond acceptors (Lipinski definition) is 5. The molecule has 0 aliphatic carbocycles. The quantitative estimate of drug-likeness (QED) is 0.411. The van der Waals surface area contributed by atoms with Crippen LogP contribution in [-0.4, -0.2) is 55.7 Å². The van der Waals surface area contributed by atoms with Crippen molar-refractivity contribution in [2.45, 2.75) is 25.7 Å². The second-order valence-corrected chi connectivity index (χ2v) is 3.35. The van der Waals surface area contributed by atoms with E-state index >= 15 is 0 Å². The third kappa shape index (κ3) is 5.20. The van der Waals surface area contributed by atoms with E-state index in [-0.39, 0.29) is 53.9 Å². The monoisotopic (exact) mass is 250 g/mol. The SMILES string of the molecule is Nc1nc(O)c(CCCCC(=O)O)c(=O)[nH]1.[Na]. The summed E-state index contributed by atoms with van der Waals surface area (Å²) >= 11 is 0. The Kier molecular flexibility index (Phi) is 6.86. The van der Waals surface area contributed by atoms with Crippen LogP contribution in [0.2, 0.25) is 0 Å². The van der Waals surface area contributed by atoms with Gasteiger partial charge in [0.15, 0.2) is 0 Å². The number of rotatable bonds is 5. The van der Waals surface area contributed by atoms with Gasteiger partial charge in [-0.1, -0.05) is 0 Å². The minimum Gasteiger partial charge on any atom is -0.493 e. The molecule has 1 rings (SSSR count). The van der Waals surface area contributed by atoms with Crippen LogP contribution >= 0.6 is 0 Å². The fourth-order valence-electron chi connectivity index (χ4n) is 1.31. The molecule has 1 radical (unpaired) electrons. The zero-order valence-corrected chi connectivity index (χ0v) is 11.6. The molecule has 0 aliphatic heterocycles. The first-order valence-electron chi connectivity index (χ1n) is 4.80. The van der Waals surface area contributed by atoms with E-state index in [1.54, 1.807) is 0 Å². The van der Waals surface area contributed by atoms with Crippen molar-refractivity contribution in [2.24, 2.45) is 0 Å². The average molecular weight is 250 g/mol. The van der Waals surface area contributed by atoms with Gasteiger partial charge in [-0.3, -0.25) is 14.6 Å². The number of carbonyl (C=O) groups is 1. The Hall–Kier alpha value is -1.05. The summed E-state index contributed by atoms with van der Waals surface area (Å²) in [5.74, 6) is -1.41. The molecule has 0 spiro atoms. The number of nitrogens with two attached hydrogens (primary N) is 1. The van der Waals surface area contributed by atoms with Crippen LogP contribution in [0.4, 0.5) is 5.95 Å². The van der Waals surface area contributed by atoms with Gasteiger partial charge in [0.1, 0.15) is 0 Å². The van der Waals surface area contributed by atoms with Gasteiger partial charge in [0.25, 0.3) is 5.56 Å². The van der Waals surface area contributed by atoms with Crippen molar-refractivity contribution < 1.29 is 15.0 Å². The van der Waals surface area contributed by atoms with Crippen LogP contribution in [0.25, 0.3) is 0 Å². The Morgan fingerprint density at radius 2 is 2.06 bits per heavy atom. The number of nitrogens with one attached hydrogen (secondary N) is 1. The normalized spacial score (nSPS) is 9.65. The molecule has 0 bridgehead atoms. The Labute approximate surface area is 119 Å². The van der Waals surface area contributed by atoms with Gasteiger partial charge in [0.2, 0.25) is 11.8 Å². The summed E-state index contributed by atoms with van der Waals surface area (Å²) in [6.07, 6.45) is 1.26. The fourth-order valence-corrected chi connectivity index (χ4v) is 1.31. The van der Waals surface area contributed by atoms with Crippen molar-refractivity contribution in [1.82, 2.24) is 9.97 Å². The molecule has 1 heterocycles. The molecule has 0 unspecified atom stereocenters. The molecule has 0 aromatic carbocycles. The molecule has 1 aromatic heterocycles. The Morgan fingerprint density at radius 3 is 2.59 bits per heavy atom. The minimum atomic E-state index is -0.881. The van der Waals surface area contributed by atoms with Crippen molar-refractivity contribution in [3.05, 3.63) is 15.9 Å². The summed E-state index contributed by atoms with van der Waals surface area (Å²) in [4.78, 5) is 27.4. The first-order valence-corrected chi connectivity index (χ1v) is 4.80. The number of carboxylic acids is 1. The fraction of sp³-hybridized carbons (Fsp3) is 0.444. The van der Waals surface area contributed by atoms with E-state index in [2.05, 4.69) is 9.97 Å². The predicted molar refractivity (Wildman–Crippen MR) is 61.9 cm³/mol. The molecule has 8 heteroatoms. The van der Waals surface area contributed by atoms with E-state index < -0.39 is 17.4 Å². The van der Waals surface area contributed by atoms with E-state index in [1.165, 1.54) is 0 Å². The van der Waals surface area contributed by atoms with E-state index in [0.717, 1.165) is 0 Å². The van der Waals surface area contributed by atoms with E-state index in [0.29, 0.717) is 12.8 Å². The van der Waals surface area contributed by atoms with Crippen LogP contribution in [0.3, 0.4) is 0 Å². The van der Waals surface area contributed by atoms with E-state index in [4.69, 9.17) is 10.8 Å². The van der Waals surface area contributed by atoms with Gasteiger partial charge in [-0.15, -0.1) is 0 Å². The number of aromatic hydroxyl groups is 1. The van der Waals surface area contributed by atoms with Crippen molar-refractivity contribution >= 4 is 41.5 Å². The van der Waals surface area contributed by atoms with Gasteiger partial charge in [0, 0.05) is 36.0 Å². The largest absolute Gasteiger partial charge is 0.493 e. The zero-order valence-electron chi connectivity index (χ0n) is 9.56. The number of anilines is 1. The summed E-state index contributed by atoms with van der Waals surface area (Å²) in [6.45, 7) is 0. The third-order valence-corrected chi connectivity index (χ3v) is 2.08. The number of H-pyrrole nitrogens is 1. The molecule has 0 fully saturated rings. The first kappa shape index (κ1) is 16.0. The zero-order chi connectivity index (χ0) is 12.1. The number of aromatic nitrogens is 2. The summed E-state index contributed by atoms with van der Waals surface area (Å²) in [7, 11) is 0. The molecular formula is C9H13N3NaO4. The smallest absolute Gasteiger partial charge is 0.303 e. The number of aliphatic carboxylic acids is 1. The molecule has 0 saturated heterocycles. The Morgan fingerprint density at radius 1 is 1.41 bits per heavy atom. The Bertz CT molecular complexity index is 446. The molecule has 89 valence electrons. The van der Waals surface area contributed by atoms with Gasteiger partial charge in [-0.25, -0.2) is 0 Å². The maximum atomic E-state index is 11.3. The van der Waals surface area contributed by atoms with Crippen LogP contribution in [0.1, 0.15) is 24.8 Å². The maximum Gasteiger partial charge on any atom is 0.303 e. The molecule has 0 saturated carbocycles. The summed E-state index contributed by atoms with van der Waals surface area (Å²) in [5.41, 5.74) is 4.87. The van der Waals surface area contributed by atoms with Crippen LogP contribution in [0, 0.1) is 0 Å². The third-order valence-electron chi connectivity index (χ3n) is 2.08. The predicted octanol–water partition coefficient (Wildman–Crippen LogP) is -0.526. The van der Waals surface area contributed by atoms with Crippen molar-refractivity contribution in [3.8, 4) is 5.88 Å². The summed E-state index contributed by atoms with van der Waals surface area (Å²) < 4.78 is 0. The van der Waals surface area contributed by atoms with Crippen molar-refractivity contribution in [3.63, 3.8) is 0 Å². The summed E-state index contributed by atoms with van der Waals surface area (Å²) in [6, 6.07) is 0. The second-order valence-electron chi connectivity index (χ2n) is 3.35.